The average molecular weight is 405 g/mol. The minimum absolute atomic E-state index is 0.177. The highest BCUT2D eigenvalue weighted by Gasteiger charge is 2.43. The van der Waals surface area contributed by atoms with Crippen LogP contribution in [-0.2, 0) is 4.79 Å². The number of halogens is 1. The molecule has 3 aromatic heterocycles. The van der Waals surface area contributed by atoms with Gasteiger partial charge in [-0.2, -0.15) is 0 Å². The van der Waals surface area contributed by atoms with Gasteiger partial charge in [-0.25, -0.2) is 15.0 Å². The number of aromatic nitrogens is 3. The number of hydrogen-bond donors (Lipinski definition) is 2. The standard InChI is InChI=1S/C22H20FN5O2/c1-24-21-19-12-26-20(28-22(29)18-7-14(18)9-23)8-17(19)13(10-27-21)3-4-15-5-6-16(30-2)11-25-15/h5-6,8,10-12,14,18H,7,9H2,1-2H3,(H,24,27)(H,26,28,29)/t14-,18-/m0/s1. The fraction of sp³-hybridized carbons (Fsp3) is 0.273. The molecule has 1 aliphatic carbocycles. The van der Waals surface area contributed by atoms with E-state index in [9.17, 15) is 9.18 Å². The van der Waals surface area contributed by atoms with Gasteiger partial charge in [0.25, 0.3) is 0 Å². The Balaban J connectivity index is 1.67. The van der Waals surface area contributed by atoms with Crippen LogP contribution in [0.4, 0.5) is 16.0 Å². The third-order valence-corrected chi connectivity index (χ3v) is 5.01. The number of pyridine rings is 3. The quantitative estimate of drug-likeness (QED) is 0.635. The van der Waals surface area contributed by atoms with Crippen LogP contribution in [0.25, 0.3) is 10.8 Å². The van der Waals surface area contributed by atoms with E-state index in [1.807, 2.05) is 0 Å². The Labute approximate surface area is 173 Å². The number of nitrogens with zero attached hydrogens (tertiary/aromatic N) is 3. The molecule has 3 heterocycles. The van der Waals surface area contributed by atoms with Crippen LogP contribution in [-0.4, -0.2) is 41.7 Å². The first-order chi connectivity index (χ1) is 14.6. The zero-order valence-corrected chi connectivity index (χ0v) is 16.6. The minimum Gasteiger partial charge on any atom is -0.495 e. The average Bonchev–Trinajstić information content (AvgIpc) is 3.58. The molecule has 7 nitrogen and oxygen atoms in total. The number of carbonyl (C=O) groups is 1. The lowest BCUT2D eigenvalue weighted by Crippen LogP contribution is -2.16. The second kappa shape index (κ2) is 8.33. The van der Waals surface area contributed by atoms with Crippen LogP contribution in [0.3, 0.4) is 0 Å². The molecule has 0 radical (unpaired) electrons. The van der Waals surface area contributed by atoms with Crippen molar-refractivity contribution in [1.82, 2.24) is 15.0 Å². The van der Waals surface area contributed by atoms with E-state index in [1.165, 1.54) is 0 Å². The molecule has 0 aromatic carbocycles. The fourth-order valence-electron chi connectivity index (χ4n) is 3.17. The number of carbonyl (C=O) groups excluding carboxylic acids is 1. The van der Waals surface area contributed by atoms with Crippen LogP contribution in [0.5, 0.6) is 5.75 Å². The fourth-order valence-corrected chi connectivity index (χ4v) is 3.17. The summed E-state index contributed by atoms with van der Waals surface area (Å²) in [5, 5.41) is 7.38. The molecule has 152 valence electrons. The third kappa shape index (κ3) is 4.01. The lowest BCUT2D eigenvalue weighted by Gasteiger charge is -2.09. The number of nitrogens with one attached hydrogen (secondary N) is 2. The molecular formula is C22H20FN5O2. The topological polar surface area (TPSA) is 89.0 Å². The van der Waals surface area contributed by atoms with E-state index in [2.05, 4.69) is 37.4 Å². The summed E-state index contributed by atoms with van der Waals surface area (Å²) in [4.78, 5) is 25.2. The Bertz CT molecular complexity index is 1150. The number of fused-ring (bicyclic) bond motifs is 1. The summed E-state index contributed by atoms with van der Waals surface area (Å²) in [7, 11) is 3.35. The maximum absolute atomic E-state index is 12.7. The number of anilines is 2. The third-order valence-electron chi connectivity index (χ3n) is 5.01. The maximum atomic E-state index is 12.7. The van der Waals surface area contributed by atoms with Crippen LogP contribution in [0.1, 0.15) is 17.7 Å². The Morgan fingerprint density at radius 3 is 2.73 bits per heavy atom. The zero-order valence-electron chi connectivity index (χ0n) is 16.6. The molecule has 3 aromatic rings. The predicted molar refractivity (Wildman–Crippen MR) is 112 cm³/mol. The molecule has 1 aliphatic rings. The second-order valence-corrected chi connectivity index (χ2v) is 6.96. The Kier molecular flexibility index (Phi) is 5.44. The summed E-state index contributed by atoms with van der Waals surface area (Å²) in [6.45, 7) is -0.473. The molecule has 0 aliphatic heterocycles. The predicted octanol–water partition coefficient (Wildman–Crippen LogP) is 3.02. The van der Waals surface area contributed by atoms with Gasteiger partial charge in [-0.3, -0.25) is 9.18 Å². The number of amides is 1. The van der Waals surface area contributed by atoms with Gasteiger partial charge in [-0.1, -0.05) is 5.92 Å². The molecule has 2 atom stereocenters. The molecule has 0 bridgehead atoms. The number of alkyl halides is 1. The molecule has 8 heteroatoms. The van der Waals surface area contributed by atoms with Crippen molar-refractivity contribution in [3.63, 3.8) is 0 Å². The summed E-state index contributed by atoms with van der Waals surface area (Å²) in [6, 6.07) is 5.32. The van der Waals surface area contributed by atoms with E-state index in [0.717, 1.165) is 10.8 Å². The van der Waals surface area contributed by atoms with Crippen molar-refractivity contribution in [2.45, 2.75) is 6.42 Å². The Hall–Kier alpha value is -3.73. The SMILES string of the molecule is CNc1ncc(C#Cc2ccc(OC)cn2)c2cc(NC(=O)[C@H]3C[C@H]3CF)ncc12. The van der Waals surface area contributed by atoms with Gasteiger partial charge in [0.15, 0.2) is 0 Å². The molecule has 30 heavy (non-hydrogen) atoms. The smallest absolute Gasteiger partial charge is 0.229 e. The summed E-state index contributed by atoms with van der Waals surface area (Å²) in [5.41, 5.74) is 1.27. The van der Waals surface area contributed by atoms with Crippen molar-refractivity contribution >= 4 is 28.3 Å². The maximum Gasteiger partial charge on any atom is 0.229 e. The summed E-state index contributed by atoms with van der Waals surface area (Å²) < 4.78 is 17.8. The van der Waals surface area contributed by atoms with Crippen molar-refractivity contribution in [2.75, 3.05) is 31.5 Å². The minimum atomic E-state index is -0.473. The Morgan fingerprint density at radius 2 is 2.07 bits per heavy atom. The molecule has 2 N–H and O–H groups in total. The van der Waals surface area contributed by atoms with Gasteiger partial charge in [0.2, 0.25) is 5.91 Å². The van der Waals surface area contributed by atoms with Crippen LogP contribution in [0, 0.1) is 23.7 Å². The Morgan fingerprint density at radius 1 is 1.20 bits per heavy atom. The second-order valence-electron chi connectivity index (χ2n) is 6.96. The van der Waals surface area contributed by atoms with Gasteiger partial charge in [-0.15, -0.1) is 0 Å². The normalized spacial score (nSPS) is 17.0. The highest BCUT2D eigenvalue weighted by molar-refractivity contribution is 5.99. The van der Waals surface area contributed by atoms with Crippen LogP contribution >= 0.6 is 0 Å². The molecular weight excluding hydrogens is 385 g/mol. The van der Waals surface area contributed by atoms with Crippen LogP contribution in [0.2, 0.25) is 0 Å². The van der Waals surface area contributed by atoms with E-state index in [-0.39, 0.29) is 17.7 Å². The highest BCUT2D eigenvalue weighted by Crippen LogP contribution is 2.39. The lowest BCUT2D eigenvalue weighted by molar-refractivity contribution is -0.117. The van der Waals surface area contributed by atoms with Crippen LogP contribution in [0.15, 0.2) is 36.8 Å². The van der Waals surface area contributed by atoms with Gasteiger partial charge in [0, 0.05) is 36.1 Å². The van der Waals surface area contributed by atoms with Crippen molar-refractivity contribution < 1.29 is 13.9 Å². The number of ether oxygens (including phenoxy) is 1. The molecule has 1 saturated carbocycles. The van der Waals surface area contributed by atoms with Crippen molar-refractivity contribution in [3.05, 3.63) is 48.0 Å². The van der Waals surface area contributed by atoms with Gasteiger partial charge in [0.05, 0.1) is 25.5 Å². The van der Waals surface area contributed by atoms with Crippen molar-refractivity contribution in [1.29, 1.82) is 0 Å². The summed E-state index contributed by atoms with van der Waals surface area (Å²) in [5.74, 6) is 7.16. The largest absolute Gasteiger partial charge is 0.495 e. The van der Waals surface area contributed by atoms with E-state index in [1.54, 1.807) is 50.9 Å². The van der Waals surface area contributed by atoms with Gasteiger partial charge >= 0.3 is 0 Å². The molecule has 1 fully saturated rings. The van der Waals surface area contributed by atoms with E-state index in [4.69, 9.17) is 4.74 Å². The van der Waals surface area contributed by atoms with Crippen LogP contribution < -0.4 is 15.4 Å². The number of hydrogen-bond acceptors (Lipinski definition) is 6. The molecule has 4 rings (SSSR count). The number of rotatable bonds is 5. The summed E-state index contributed by atoms with van der Waals surface area (Å²) >= 11 is 0. The first kappa shape index (κ1) is 19.6. The van der Waals surface area contributed by atoms with Gasteiger partial charge in [0.1, 0.15) is 23.1 Å². The first-order valence-electron chi connectivity index (χ1n) is 9.48. The van der Waals surface area contributed by atoms with E-state index < -0.39 is 6.67 Å². The first-order valence-corrected chi connectivity index (χ1v) is 9.48. The van der Waals surface area contributed by atoms with Gasteiger partial charge < -0.3 is 15.4 Å². The molecule has 1 amide bonds. The molecule has 0 unspecified atom stereocenters. The highest BCUT2D eigenvalue weighted by atomic mass is 19.1. The van der Waals surface area contributed by atoms with Crippen molar-refractivity contribution in [3.8, 4) is 17.6 Å². The van der Waals surface area contributed by atoms with E-state index in [0.29, 0.717) is 35.1 Å². The lowest BCUT2D eigenvalue weighted by atomic mass is 10.1. The molecule has 0 spiro atoms. The monoisotopic (exact) mass is 405 g/mol. The van der Waals surface area contributed by atoms with Gasteiger partial charge in [-0.05, 0) is 36.5 Å². The zero-order chi connectivity index (χ0) is 21.1. The van der Waals surface area contributed by atoms with Crippen molar-refractivity contribution in [2.24, 2.45) is 11.8 Å². The number of methoxy groups -OCH3 is 1. The summed E-state index contributed by atoms with van der Waals surface area (Å²) in [6.07, 6.45) is 5.48. The molecule has 0 saturated heterocycles. The van der Waals surface area contributed by atoms with E-state index >= 15 is 0 Å².